The molecule has 0 fully saturated rings. The Kier molecular flexibility index (Phi) is 6.75. The van der Waals surface area contributed by atoms with Crippen LogP contribution in [0.25, 0.3) is 0 Å². The van der Waals surface area contributed by atoms with E-state index in [0.29, 0.717) is 11.6 Å². The molecule has 0 heterocycles. The number of nitrogens with one attached hydrogen (secondary N) is 1. The van der Waals surface area contributed by atoms with Gasteiger partial charge in [0.2, 0.25) is 0 Å². The predicted octanol–water partition coefficient (Wildman–Crippen LogP) is 4.63. The molecular weight excluding hydrogens is 397 g/mol. The first-order valence-corrected chi connectivity index (χ1v) is 6.99. The average Bonchev–Trinajstić information content (AvgIpc) is 2.52. The summed E-state index contributed by atoms with van der Waals surface area (Å²) in [5, 5.41) is 2.68. The molecule has 4 nitrogen and oxygen atoms in total. The fourth-order valence-electron chi connectivity index (χ4n) is 1.53. The summed E-state index contributed by atoms with van der Waals surface area (Å²) < 4.78 is 97.7. The number of ether oxygens (including phenoxy) is 2. The second kappa shape index (κ2) is 8.02. The first-order valence-electron chi connectivity index (χ1n) is 6.61. The van der Waals surface area contributed by atoms with Gasteiger partial charge in [-0.1, -0.05) is 24.3 Å². The van der Waals surface area contributed by atoms with Crippen LogP contribution in [0.3, 0.4) is 0 Å². The second-order valence-corrected chi connectivity index (χ2v) is 5.06. The largest absolute Gasteiger partial charge is 0.493 e. The highest BCUT2D eigenvalue weighted by molar-refractivity contribution is 6.32. The number of hydrogen-bond donors (Lipinski definition) is 1. The number of nitrogens with zero attached hydrogens (tertiary/aromatic N) is 1. The first-order chi connectivity index (χ1) is 11.9. The van der Waals surface area contributed by atoms with Crippen LogP contribution in [0.15, 0.2) is 29.9 Å². The summed E-state index contributed by atoms with van der Waals surface area (Å²) in [7, 11) is 1.24. The van der Waals surface area contributed by atoms with Crippen molar-refractivity contribution in [3.63, 3.8) is 0 Å². The zero-order valence-corrected chi connectivity index (χ0v) is 13.8. The van der Waals surface area contributed by atoms with Gasteiger partial charge < -0.3 is 9.47 Å². The Balaban J connectivity index is 3.02. The van der Waals surface area contributed by atoms with Crippen molar-refractivity contribution < 1.29 is 40.2 Å². The molecule has 0 aliphatic carbocycles. The van der Waals surface area contributed by atoms with Crippen molar-refractivity contribution in [2.45, 2.75) is 18.1 Å². The molecule has 1 N–H and O–H groups in total. The summed E-state index contributed by atoms with van der Waals surface area (Å²) >= 11 is 5.91. The number of halogens is 8. The fourth-order valence-corrected chi connectivity index (χ4v) is 1.81. The molecule has 1 aromatic rings. The van der Waals surface area contributed by atoms with Crippen LogP contribution in [-0.2, 0) is 0 Å². The standard InChI is InChI=1S/C14H12ClF7N2O2/c1-3-4-26-11-9(15)5-8(6-10(11)25-2)7-23-24-14(21,22)12(16,17)13(18,19)20/h3,5-7,24H,1,4H2,2H3/b23-7+. The van der Waals surface area contributed by atoms with Gasteiger partial charge >= 0.3 is 18.1 Å². The lowest BCUT2D eigenvalue weighted by molar-refractivity contribution is -0.361. The van der Waals surface area contributed by atoms with Crippen LogP contribution >= 0.6 is 11.6 Å². The molecule has 26 heavy (non-hydrogen) atoms. The third-order valence-corrected chi connectivity index (χ3v) is 3.05. The highest BCUT2D eigenvalue weighted by Crippen LogP contribution is 2.45. The van der Waals surface area contributed by atoms with E-state index in [4.69, 9.17) is 21.1 Å². The first kappa shape index (κ1) is 21.9. The van der Waals surface area contributed by atoms with Crippen molar-refractivity contribution in [3.8, 4) is 11.5 Å². The maximum Gasteiger partial charge on any atom is 0.462 e. The molecule has 1 rings (SSSR count). The quantitative estimate of drug-likeness (QED) is 0.224. The third-order valence-electron chi connectivity index (χ3n) is 2.77. The van der Waals surface area contributed by atoms with E-state index in [9.17, 15) is 30.7 Å². The molecule has 0 radical (unpaired) electrons. The highest BCUT2D eigenvalue weighted by atomic mass is 35.5. The normalized spacial score (nSPS) is 13.0. The zero-order chi connectivity index (χ0) is 20.2. The molecule has 0 bridgehead atoms. The zero-order valence-electron chi connectivity index (χ0n) is 13.0. The van der Waals surface area contributed by atoms with Crippen LogP contribution in [0.2, 0.25) is 5.02 Å². The molecular formula is C14H12ClF7N2O2. The van der Waals surface area contributed by atoms with Crippen LogP contribution in [-0.4, -0.2) is 38.1 Å². The molecule has 0 saturated carbocycles. The lowest BCUT2D eigenvalue weighted by atomic mass is 10.2. The van der Waals surface area contributed by atoms with Gasteiger partial charge in [-0.3, -0.25) is 0 Å². The second-order valence-electron chi connectivity index (χ2n) is 4.65. The van der Waals surface area contributed by atoms with Gasteiger partial charge in [-0.15, -0.1) is 0 Å². The Morgan fingerprint density at radius 1 is 1.19 bits per heavy atom. The maximum absolute atomic E-state index is 13.1. The SMILES string of the molecule is C=CCOc1c(Cl)cc(/C=N/NC(F)(F)C(F)(F)C(F)(F)F)cc1OC. The van der Waals surface area contributed by atoms with Gasteiger partial charge in [-0.2, -0.15) is 35.8 Å². The fraction of sp³-hybridized carbons (Fsp3) is 0.357. The van der Waals surface area contributed by atoms with Crippen molar-refractivity contribution in [1.29, 1.82) is 0 Å². The Labute approximate surface area is 148 Å². The van der Waals surface area contributed by atoms with Gasteiger partial charge in [0.1, 0.15) is 6.61 Å². The summed E-state index contributed by atoms with van der Waals surface area (Å²) in [4.78, 5) is 0. The van der Waals surface area contributed by atoms with E-state index >= 15 is 0 Å². The number of hydrazone groups is 1. The van der Waals surface area contributed by atoms with Gasteiger partial charge in [-0.25, -0.2) is 5.43 Å². The van der Waals surface area contributed by atoms with Gasteiger partial charge in [-0.05, 0) is 17.7 Å². The molecule has 0 aromatic heterocycles. The van der Waals surface area contributed by atoms with Crippen molar-refractivity contribution in [3.05, 3.63) is 35.4 Å². The Morgan fingerprint density at radius 3 is 2.31 bits per heavy atom. The topological polar surface area (TPSA) is 42.8 Å². The highest BCUT2D eigenvalue weighted by Gasteiger charge is 2.73. The van der Waals surface area contributed by atoms with Crippen LogP contribution in [0, 0.1) is 0 Å². The van der Waals surface area contributed by atoms with Crippen molar-refractivity contribution in [2.75, 3.05) is 13.7 Å². The number of methoxy groups -OCH3 is 1. The van der Waals surface area contributed by atoms with Gasteiger partial charge in [0, 0.05) is 0 Å². The van der Waals surface area contributed by atoms with Gasteiger partial charge in [0.15, 0.2) is 11.5 Å². The number of hydrogen-bond acceptors (Lipinski definition) is 4. The summed E-state index contributed by atoms with van der Waals surface area (Å²) in [5.74, 6) is -6.18. The Morgan fingerprint density at radius 2 is 1.81 bits per heavy atom. The van der Waals surface area contributed by atoms with Crippen molar-refractivity contribution in [2.24, 2.45) is 5.10 Å². The lowest BCUT2D eigenvalue weighted by Gasteiger charge is -2.27. The minimum atomic E-state index is -6.46. The molecule has 0 unspecified atom stereocenters. The van der Waals surface area contributed by atoms with E-state index in [0.717, 1.165) is 6.07 Å². The van der Waals surface area contributed by atoms with Gasteiger partial charge in [0.25, 0.3) is 0 Å². The van der Waals surface area contributed by atoms with E-state index in [1.165, 1.54) is 19.3 Å². The number of benzene rings is 1. The Hall–Kier alpha value is -2.17. The van der Waals surface area contributed by atoms with Gasteiger partial charge in [0.05, 0.1) is 18.3 Å². The lowest BCUT2D eigenvalue weighted by Crippen LogP contribution is -2.58. The molecule has 0 saturated heterocycles. The molecule has 1 aromatic carbocycles. The minimum Gasteiger partial charge on any atom is -0.493 e. The van der Waals surface area contributed by atoms with Crippen molar-refractivity contribution >= 4 is 17.8 Å². The minimum absolute atomic E-state index is 0.0311. The summed E-state index contributed by atoms with van der Waals surface area (Å²) in [6, 6.07) is -3.33. The number of alkyl halides is 7. The number of rotatable bonds is 8. The smallest absolute Gasteiger partial charge is 0.462 e. The molecule has 0 aliphatic heterocycles. The summed E-state index contributed by atoms with van der Waals surface area (Å²) in [6.07, 6.45) is -4.49. The maximum atomic E-state index is 13.1. The van der Waals surface area contributed by atoms with E-state index in [-0.39, 0.29) is 28.7 Å². The van der Waals surface area contributed by atoms with E-state index in [1.807, 2.05) is 0 Å². The summed E-state index contributed by atoms with van der Waals surface area (Å²) in [6.45, 7) is 3.50. The third kappa shape index (κ3) is 4.71. The van der Waals surface area contributed by atoms with Crippen LogP contribution in [0.1, 0.15) is 5.56 Å². The molecule has 0 spiro atoms. The van der Waals surface area contributed by atoms with E-state index < -0.39 is 18.1 Å². The summed E-state index contributed by atoms with van der Waals surface area (Å²) in [5.41, 5.74) is 0.467. The van der Waals surface area contributed by atoms with Crippen LogP contribution < -0.4 is 14.9 Å². The predicted molar refractivity (Wildman–Crippen MR) is 80.4 cm³/mol. The van der Waals surface area contributed by atoms with Crippen LogP contribution in [0.5, 0.6) is 11.5 Å². The molecule has 0 aliphatic rings. The molecule has 12 heteroatoms. The molecule has 0 amide bonds. The Bertz CT molecular complexity index is 678. The molecule has 146 valence electrons. The van der Waals surface area contributed by atoms with Crippen LogP contribution in [0.4, 0.5) is 30.7 Å². The van der Waals surface area contributed by atoms with Crippen molar-refractivity contribution in [1.82, 2.24) is 5.43 Å². The van der Waals surface area contributed by atoms with E-state index in [1.54, 1.807) is 0 Å². The molecule has 0 atom stereocenters. The monoisotopic (exact) mass is 408 g/mol. The van der Waals surface area contributed by atoms with E-state index in [2.05, 4.69) is 11.7 Å². The average molecular weight is 409 g/mol.